The van der Waals surface area contributed by atoms with Crippen molar-refractivity contribution in [2.75, 3.05) is 25.5 Å². The zero-order valence-electron chi connectivity index (χ0n) is 19.5. The first-order valence-electron chi connectivity index (χ1n) is 11.0. The molecule has 3 rings (SSSR count). The summed E-state index contributed by atoms with van der Waals surface area (Å²) in [6, 6.07) is 25.4. The molecule has 0 unspecified atom stereocenters. The maximum Gasteiger partial charge on any atom is 0.243 e. The van der Waals surface area contributed by atoms with Gasteiger partial charge in [-0.2, -0.15) is 4.31 Å². The van der Waals surface area contributed by atoms with Crippen molar-refractivity contribution in [3.05, 3.63) is 95.6 Å². The summed E-state index contributed by atoms with van der Waals surface area (Å²) < 4.78 is 27.5. The molecule has 0 saturated heterocycles. The van der Waals surface area contributed by atoms with Gasteiger partial charge in [-0.25, -0.2) is 8.42 Å². The SMILES string of the molecule is CCN(CC)S(=O)(=O)c1ccc(C)c(NC(=S)N(C)C(c2ccccc2)c2ccccc2)c1. The number of aryl methyl sites for hydroxylation is 1. The van der Waals surface area contributed by atoms with Crippen LogP contribution >= 0.6 is 12.2 Å². The number of sulfonamides is 1. The van der Waals surface area contributed by atoms with Gasteiger partial charge in [0.15, 0.2) is 5.11 Å². The third-order valence-corrected chi connectivity index (χ3v) is 8.17. The first-order valence-corrected chi connectivity index (χ1v) is 12.9. The summed E-state index contributed by atoms with van der Waals surface area (Å²) in [5.74, 6) is 0. The van der Waals surface area contributed by atoms with E-state index in [1.54, 1.807) is 12.1 Å². The molecule has 174 valence electrons. The van der Waals surface area contributed by atoms with Gasteiger partial charge >= 0.3 is 0 Å². The minimum absolute atomic E-state index is 0.0877. The second-order valence-electron chi connectivity index (χ2n) is 7.83. The zero-order chi connectivity index (χ0) is 24.0. The second-order valence-corrected chi connectivity index (χ2v) is 10.2. The summed E-state index contributed by atoms with van der Waals surface area (Å²) in [5.41, 5.74) is 3.83. The van der Waals surface area contributed by atoms with Gasteiger partial charge in [0.2, 0.25) is 10.0 Å². The number of nitrogens with one attached hydrogen (secondary N) is 1. The van der Waals surface area contributed by atoms with Crippen LogP contribution in [0.25, 0.3) is 0 Å². The van der Waals surface area contributed by atoms with E-state index >= 15 is 0 Å². The lowest BCUT2D eigenvalue weighted by Gasteiger charge is -2.32. The number of hydrogen-bond donors (Lipinski definition) is 1. The molecule has 3 aromatic rings. The molecule has 0 aliphatic heterocycles. The molecule has 7 heteroatoms. The fourth-order valence-electron chi connectivity index (χ4n) is 3.84. The zero-order valence-corrected chi connectivity index (χ0v) is 21.2. The quantitative estimate of drug-likeness (QED) is 0.434. The molecule has 0 radical (unpaired) electrons. The molecule has 0 atom stereocenters. The van der Waals surface area contributed by atoms with Crippen LogP contribution in [-0.4, -0.2) is 42.9 Å². The molecule has 33 heavy (non-hydrogen) atoms. The van der Waals surface area contributed by atoms with Crippen molar-refractivity contribution >= 4 is 33.0 Å². The smallest absolute Gasteiger partial charge is 0.243 e. The summed E-state index contributed by atoms with van der Waals surface area (Å²) >= 11 is 5.78. The average Bonchev–Trinajstić information content (AvgIpc) is 2.82. The van der Waals surface area contributed by atoms with Crippen LogP contribution in [0.5, 0.6) is 0 Å². The van der Waals surface area contributed by atoms with E-state index in [9.17, 15) is 8.42 Å². The van der Waals surface area contributed by atoms with E-state index < -0.39 is 10.0 Å². The van der Waals surface area contributed by atoms with E-state index in [-0.39, 0.29) is 10.9 Å². The van der Waals surface area contributed by atoms with Crippen LogP contribution in [0.3, 0.4) is 0 Å². The van der Waals surface area contributed by atoms with Crippen LogP contribution in [-0.2, 0) is 10.0 Å². The van der Waals surface area contributed by atoms with Crippen LogP contribution in [0.4, 0.5) is 5.69 Å². The van der Waals surface area contributed by atoms with E-state index in [2.05, 4.69) is 29.6 Å². The highest BCUT2D eigenvalue weighted by Crippen LogP contribution is 2.29. The Morgan fingerprint density at radius 3 is 1.91 bits per heavy atom. The molecule has 5 nitrogen and oxygen atoms in total. The standard InChI is InChI=1S/C26H31N3O2S2/c1-5-29(6-2)33(30,31)23-18-17-20(3)24(19-23)27-26(32)28(4)25(21-13-9-7-10-14-21)22-15-11-8-12-16-22/h7-19,25H,5-6H2,1-4H3,(H,27,32). The molecule has 0 aromatic heterocycles. The Morgan fingerprint density at radius 2 is 1.42 bits per heavy atom. The first-order chi connectivity index (χ1) is 15.8. The summed E-state index contributed by atoms with van der Waals surface area (Å²) in [7, 11) is -1.61. The van der Waals surface area contributed by atoms with E-state index in [1.165, 1.54) is 4.31 Å². The van der Waals surface area contributed by atoms with Gasteiger partial charge < -0.3 is 10.2 Å². The van der Waals surface area contributed by atoms with Crippen molar-refractivity contribution < 1.29 is 8.42 Å². The van der Waals surface area contributed by atoms with E-state index in [0.717, 1.165) is 16.7 Å². The van der Waals surface area contributed by atoms with Crippen molar-refractivity contribution in [1.29, 1.82) is 0 Å². The molecule has 0 aliphatic rings. The maximum absolute atomic E-state index is 13.0. The van der Waals surface area contributed by atoms with Gasteiger partial charge in [0.05, 0.1) is 10.9 Å². The van der Waals surface area contributed by atoms with Gasteiger partial charge in [-0.05, 0) is 48.0 Å². The highest BCUT2D eigenvalue weighted by atomic mass is 32.2. The minimum atomic E-state index is -3.56. The van der Waals surface area contributed by atoms with Crippen molar-refractivity contribution in [3.8, 4) is 0 Å². The van der Waals surface area contributed by atoms with Gasteiger partial charge in [-0.3, -0.25) is 0 Å². The van der Waals surface area contributed by atoms with Crippen molar-refractivity contribution in [2.24, 2.45) is 0 Å². The number of benzene rings is 3. The average molecular weight is 482 g/mol. The second kappa shape index (κ2) is 10.9. The number of rotatable bonds is 8. The Labute approximate surface area is 203 Å². The largest absolute Gasteiger partial charge is 0.341 e. The Bertz CT molecular complexity index is 1140. The molecular weight excluding hydrogens is 450 g/mol. The number of thiocarbonyl (C=S) groups is 1. The Balaban J connectivity index is 1.92. The molecular formula is C26H31N3O2S2. The molecule has 3 aromatic carbocycles. The van der Waals surface area contributed by atoms with Crippen LogP contribution in [0.15, 0.2) is 83.8 Å². The fourth-order valence-corrected chi connectivity index (χ4v) is 5.54. The summed E-state index contributed by atoms with van der Waals surface area (Å²) in [5, 5.41) is 3.80. The van der Waals surface area contributed by atoms with Crippen LogP contribution in [0, 0.1) is 6.92 Å². The van der Waals surface area contributed by atoms with Crippen molar-refractivity contribution in [1.82, 2.24) is 9.21 Å². The highest BCUT2D eigenvalue weighted by Gasteiger charge is 2.24. The lowest BCUT2D eigenvalue weighted by molar-refractivity contribution is 0.434. The highest BCUT2D eigenvalue weighted by molar-refractivity contribution is 7.89. The van der Waals surface area contributed by atoms with Crippen LogP contribution in [0.1, 0.15) is 36.6 Å². The minimum Gasteiger partial charge on any atom is -0.341 e. The lowest BCUT2D eigenvalue weighted by atomic mass is 9.98. The molecule has 0 aliphatic carbocycles. The van der Waals surface area contributed by atoms with Gasteiger partial charge in [-0.15, -0.1) is 0 Å². The van der Waals surface area contributed by atoms with Crippen molar-refractivity contribution in [2.45, 2.75) is 31.7 Å². The number of hydrogen-bond acceptors (Lipinski definition) is 3. The lowest BCUT2D eigenvalue weighted by Crippen LogP contribution is -2.35. The third-order valence-electron chi connectivity index (χ3n) is 5.73. The monoisotopic (exact) mass is 481 g/mol. The third kappa shape index (κ3) is 5.61. The van der Waals surface area contributed by atoms with E-state index in [0.29, 0.717) is 23.9 Å². The Hall–Kier alpha value is -2.74. The molecule has 0 amide bonds. The number of anilines is 1. The predicted molar refractivity (Wildman–Crippen MR) is 140 cm³/mol. The topological polar surface area (TPSA) is 52.7 Å². The van der Waals surface area contributed by atoms with Gasteiger partial charge in [0.1, 0.15) is 0 Å². The molecule has 0 fully saturated rings. The molecule has 0 heterocycles. The fraction of sp³-hybridized carbons (Fsp3) is 0.269. The normalized spacial score (nSPS) is 11.6. The van der Waals surface area contributed by atoms with Gasteiger partial charge in [0, 0.05) is 25.8 Å². The van der Waals surface area contributed by atoms with E-state index in [4.69, 9.17) is 12.2 Å². The summed E-state index contributed by atoms with van der Waals surface area (Å²) in [4.78, 5) is 2.26. The van der Waals surface area contributed by atoms with Gasteiger partial charge in [-0.1, -0.05) is 80.6 Å². The van der Waals surface area contributed by atoms with Crippen LogP contribution in [0.2, 0.25) is 0 Å². The van der Waals surface area contributed by atoms with Crippen molar-refractivity contribution in [3.63, 3.8) is 0 Å². The molecule has 0 spiro atoms. The number of nitrogens with zero attached hydrogens (tertiary/aromatic N) is 2. The predicted octanol–water partition coefficient (Wildman–Crippen LogP) is 5.44. The summed E-state index contributed by atoms with van der Waals surface area (Å²) in [6.07, 6.45) is 0. The van der Waals surface area contributed by atoms with Crippen LogP contribution < -0.4 is 5.32 Å². The molecule has 1 N–H and O–H groups in total. The molecule has 0 saturated carbocycles. The first kappa shape index (κ1) is 24.9. The van der Waals surface area contributed by atoms with Gasteiger partial charge in [0.25, 0.3) is 0 Å². The summed E-state index contributed by atoms with van der Waals surface area (Å²) in [6.45, 7) is 6.46. The Kier molecular flexibility index (Phi) is 8.24. The maximum atomic E-state index is 13.0. The Morgan fingerprint density at radius 1 is 0.909 bits per heavy atom. The van der Waals surface area contributed by atoms with E-state index in [1.807, 2.05) is 75.2 Å². The molecule has 0 bridgehead atoms.